The summed E-state index contributed by atoms with van der Waals surface area (Å²) in [6.45, 7) is 10.4. The van der Waals surface area contributed by atoms with Gasteiger partial charge >= 0.3 is 0 Å². The van der Waals surface area contributed by atoms with E-state index in [1.807, 2.05) is 13.8 Å². The van der Waals surface area contributed by atoms with Crippen molar-refractivity contribution in [2.45, 2.75) is 58.5 Å². The second kappa shape index (κ2) is 6.88. The first-order valence-electron chi connectivity index (χ1n) is 9.21. The van der Waals surface area contributed by atoms with Crippen molar-refractivity contribution in [3.8, 4) is 0 Å². The predicted octanol–water partition coefficient (Wildman–Crippen LogP) is 2.53. The molecule has 0 aromatic heterocycles. The van der Waals surface area contributed by atoms with Gasteiger partial charge in [-0.3, -0.25) is 4.79 Å². The Bertz CT molecular complexity index is 383. The molecule has 0 saturated carbocycles. The Labute approximate surface area is 135 Å². The highest BCUT2D eigenvalue weighted by atomic mass is 16.5. The minimum atomic E-state index is 0.134. The Morgan fingerprint density at radius 3 is 2.59 bits per heavy atom. The van der Waals surface area contributed by atoms with Gasteiger partial charge in [-0.1, -0.05) is 13.8 Å². The summed E-state index contributed by atoms with van der Waals surface area (Å²) < 4.78 is 5.77. The van der Waals surface area contributed by atoms with Crippen molar-refractivity contribution in [3.05, 3.63) is 0 Å². The van der Waals surface area contributed by atoms with E-state index in [-0.39, 0.29) is 5.92 Å². The second-order valence-electron chi connectivity index (χ2n) is 7.95. The average Bonchev–Trinajstić information content (AvgIpc) is 3.02. The molecule has 4 nitrogen and oxygen atoms in total. The summed E-state index contributed by atoms with van der Waals surface area (Å²) in [7, 11) is 0. The number of hydrogen-bond acceptors (Lipinski definition) is 3. The maximum Gasteiger partial charge on any atom is 0.225 e. The summed E-state index contributed by atoms with van der Waals surface area (Å²) in [6, 6.07) is 0. The van der Waals surface area contributed by atoms with E-state index in [2.05, 4.69) is 9.80 Å². The van der Waals surface area contributed by atoms with Gasteiger partial charge in [-0.15, -0.1) is 0 Å². The lowest BCUT2D eigenvalue weighted by molar-refractivity contribution is -0.139. The molecule has 0 aliphatic carbocycles. The van der Waals surface area contributed by atoms with Crippen molar-refractivity contribution in [2.24, 2.45) is 11.3 Å². The minimum Gasteiger partial charge on any atom is -0.377 e. The number of amides is 1. The highest BCUT2D eigenvalue weighted by Gasteiger charge is 2.40. The smallest absolute Gasteiger partial charge is 0.225 e. The summed E-state index contributed by atoms with van der Waals surface area (Å²) in [4.78, 5) is 17.0. The van der Waals surface area contributed by atoms with Gasteiger partial charge in [-0.05, 0) is 57.0 Å². The fourth-order valence-corrected chi connectivity index (χ4v) is 4.46. The summed E-state index contributed by atoms with van der Waals surface area (Å²) in [5.41, 5.74) is 0.399. The van der Waals surface area contributed by atoms with Crippen LogP contribution in [0.4, 0.5) is 0 Å². The van der Waals surface area contributed by atoms with Gasteiger partial charge in [-0.2, -0.15) is 0 Å². The van der Waals surface area contributed by atoms with E-state index in [0.717, 1.165) is 26.2 Å². The lowest BCUT2D eigenvalue weighted by Gasteiger charge is -2.48. The largest absolute Gasteiger partial charge is 0.377 e. The molecule has 3 heterocycles. The molecule has 1 amide bonds. The fraction of sp³-hybridized carbons (Fsp3) is 0.944. The fourth-order valence-electron chi connectivity index (χ4n) is 4.46. The summed E-state index contributed by atoms with van der Waals surface area (Å²) >= 11 is 0. The number of hydrogen-bond donors (Lipinski definition) is 0. The monoisotopic (exact) mass is 308 g/mol. The van der Waals surface area contributed by atoms with Crippen LogP contribution in [0.3, 0.4) is 0 Å². The van der Waals surface area contributed by atoms with Gasteiger partial charge in [0.15, 0.2) is 0 Å². The zero-order valence-electron chi connectivity index (χ0n) is 14.4. The molecule has 1 atom stereocenters. The lowest BCUT2D eigenvalue weighted by Crippen LogP contribution is -2.52. The first kappa shape index (κ1) is 16.3. The van der Waals surface area contributed by atoms with E-state index in [0.29, 0.717) is 17.4 Å². The third-order valence-corrected chi connectivity index (χ3v) is 5.87. The van der Waals surface area contributed by atoms with Crippen LogP contribution in [0.5, 0.6) is 0 Å². The standard InChI is InChI=1S/C18H32N2O2/c1-15(2)17(21)20-9-4-6-18(14-20)7-10-19(11-8-18)13-16-5-3-12-22-16/h15-16H,3-14H2,1-2H3. The molecule has 3 fully saturated rings. The molecule has 0 aromatic carbocycles. The maximum absolute atomic E-state index is 12.3. The van der Waals surface area contributed by atoms with Gasteiger partial charge in [-0.25, -0.2) is 0 Å². The van der Waals surface area contributed by atoms with Crippen molar-refractivity contribution in [1.82, 2.24) is 9.80 Å². The molecule has 1 spiro atoms. The molecule has 0 radical (unpaired) electrons. The van der Waals surface area contributed by atoms with Gasteiger partial charge < -0.3 is 14.5 Å². The maximum atomic E-state index is 12.3. The normalized spacial score (nSPS) is 29.4. The van der Waals surface area contributed by atoms with E-state index < -0.39 is 0 Å². The molecule has 3 aliphatic heterocycles. The number of likely N-dealkylation sites (tertiary alicyclic amines) is 2. The topological polar surface area (TPSA) is 32.8 Å². The molecule has 3 aliphatic rings. The second-order valence-corrected chi connectivity index (χ2v) is 7.95. The third-order valence-electron chi connectivity index (χ3n) is 5.87. The summed E-state index contributed by atoms with van der Waals surface area (Å²) in [5, 5.41) is 0. The van der Waals surface area contributed by atoms with Gasteiger partial charge in [0.25, 0.3) is 0 Å². The lowest BCUT2D eigenvalue weighted by atomic mass is 9.72. The molecule has 0 N–H and O–H groups in total. The molecule has 4 heteroatoms. The van der Waals surface area contributed by atoms with Crippen LogP contribution in [0, 0.1) is 11.3 Å². The van der Waals surface area contributed by atoms with Crippen molar-refractivity contribution >= 4 is 5.91 Å². The van der Waals surface area contributed by atoms with E-state index >= 15 is 0 Å². The molecule has 3 saturated heterocycles. The van der Waals surface area contributed by atoms with Crippen molar-refractivity contribution < 1.29 is 9.53 Å². The van der Waals surface area contributed by atoms with Crippen LogP contribution in [0.1, 0.15) is 52.4 Å². The number of rotatable bonds is 3. The minimum absolute atomic E-state index is 0.134. The van der Waals surface area contributed by atoms with Crippen LogP contribution in [0.25, 0.3) is 0 Å². The molecule has 22 heavy (non-hydrogen) atoms. The van der Waals surface area contributed by atoms with Gasteiger partial charge in [0.05, 0.1) is 6.10 Å². The predicted molar refractivity (Wildman–Crippen MR) is 87.7 cm³/mol. The third kappa shape index (κ3) is 3.65. The summed E-state index contributed by atoms with van der Waals surface area (Å²) in [5.74, 6) is 0.482. The number of carbonyl (C=O) groups is 1. The summed E-state index contributed by atoms with van der Waals surface area (Å²) in [6.07, 6.45) is 7.93. The highest BCUT2D eigenvalue weighted by molar-refractivity contribution is 5.78. The molecule has 3 rings (SSSR count). The van der Waals surface area contributed by atoms with Crippen molar-refractivity contribution in [1.29, 1.82) is 0 Å². The Balaban J connectivity index is 1.51. The first-order chi connectivity index (χ1) is 10.6. The van der Waals surface area contributed by atoms with Gasteiger partial charge in [0, 0.05) is 32.2 Å². The highest BCUT2D eigenvalue weighted by Crippen LogP contribution is 2.40. The van der Waals surface area contributed by atoms with E-state index in [1.54, 1.807) is 0 Å². The number of carbonyl (C=O) groups excluding carboxylic acids is 1. The van der Waals surface area contributed by atoms with Crippen molar-refractivity contribution in [3.63, 3.8) is 0 Å². The zero-order chi connectivity index (χ0) is 15.6. The van der Waals surface area contributed by atoms with Gasteiger partial charge in [0.2, 0.25) is 5.91 Å². The van der Waals surface area contributed by atoms with Crippen LogP contribution in [-0.2, 0) is 9.53 Å². The first-order valence-corrected chi connectivity index (χ1v) is 9.21. The quantitative estimate of drug-likeness (QED) is 0.803. The zero-order valence-corrected chi connectivity index (χ0v) is 14.4. The molecular weight excluding hydrogens is 276 g/mol. The number of piperidine rings is 2. The van der Waals surface area contributed by atoms with Crippen LogP contribution in [0.15, 0.2) is 0 Å². The van der Waals surface area contributed by atoms with Gasteiger partial charge in [0.1, 0.15) is 0 Å². The Kier molecular flexibility index (Phi) is 5.08. The molecule has 1 unspecified atom stereocenters. The van der Waals surface area contributed by atoms with Crippen molar-refractivity contribution in [2.75, 3.05) is 39.3 Å². The van der Waals surface area contributed by atoms with Crippen LogP contribution in [0.2, 0.25) is 0 Å². The molecular formula is C18H32N2O2. The van der Waals surface area contributed by atoms with Crippen LogP contribution in [-0.4, -0.2) is 61.1 Å². The average molecular weight is 308 g/mol. The molecule has 126 valence electrons. The van der Waals surface area contributed by atoms with E-state index in [4.69, 9.17) is 4.74 Å². The number of ether oxygens (including phenoxy) is 1. The molecule has 0 bridgehead atoms. The Hall–Kier alpha value is -0.610. The van der Waals surface area contributed by atoms with E-state index in [9.17, 15) is 4.79 Å². The van der Waals surface area contributed by atoms with Crippen LogP contribution >= 0.6 is 0 Å². The number of nitrogens with zero attached hydrogens (tertiary/aromatic N) is 2. The van der Waals surface area contributed by atoms with Crippen LogP contribution < -0.4 is 0 Å². The Morgan fingerprint density at radius 1 is 1.18 bits per heavy atom. The SMILES string of the molecule is CC(C)C(=O)N1CCCC2(CCN(CC3CCCO3)CC2)C1. The van der Waals surface area contributed by atoms with E-state index in [1.165, 1.54) is 51.6 Å². The molecule has 0 aromatic rings. The Morgan fingerprint density at radius 2 is 1.95 bits per heavy atom.